The Labute approximate surface area is 118 Å². The Morgan fingerprint density at radius 1 is 1.33 bits per heavy atom. The maximum atomic E-state index is 12.7. The van der Waals surface area contributed by atoms with Gasteiger partial charge in [0.15, 0.2) is 5.03 Å². The molecular weight excluding hydrogens is 309 g/mol. The van der Waals surface area contributed by atoms with Crippen molar-refractivity contribution >= 4 is 21.4 Å². The minimum atomic E-state index is -4.67. The first kappa shape index (κ1) is 15.2. The standard InChI is InChI=1S/C11H11F3N4O2S/c1-6-16-5-10(17-6)21(19,20)18-7-2-3-9(15)8(4-7)11(12,13)14/h2-5,18H,15H2,1H3,(H,16,17). The molecule has 0 fully saturated rings. The Bertz CT molecular complexity index is 768. The van der Waals surface area contributed by atoms with Gasteiger partial charge in [-0.2, -0.15) is 21.6 Å². The lowest BCUT2D eigenvalue weighted by molar-refractivity contribution is -0.136. The normalized spacial score (nSPS) is 12.4. The number of anilines is 2. The highest BCUT2D eigenvalue weighted by Gasteiger charge is 2.33. The number of benzene rings is 1. The van der Waals surface area contributed by atoms with Gasteiger partial charge in [0.1, 0.15) is 5.82 Å². The number of nitrogens with two attached hydrogens (primary N) is 1. The van der Waals surface area contributed by atoms with E-state index in [0.717, 1.165) is 18.3 Å². The van der Waals surface area contributed by atoms with Crippen molar-refractivity contribution in [2.24, 2.45) is 0 Å². The monoisotopic (exact) mass is 320 g/mol. The van der Waals surface area contributed by atoms with E-state index in [2.05, 4.69) is 9.97 Å². The molecule has 0 atom stereocenters. The summed E-state index contributed by atoms with van der Waals surface area (Å²) >= 11 is 0. The molecule has 4 N–H and O–H groups in total. The number of halogens is 3. The van der Waals surface area contributed by atoms with E-state index in [4.69, 9.17) is 5.73 Å². The molecule has 6 nitrogen and oxygen atoms in total. The van der Waals surface area contributed by atoms with Crippen LogP contribution in [0.1, 0.15) is 11.4 Å². The quantitative estimate of drug-likeness (QED) is 0.754. The third kappa shape index (κ3) is 3.27. The maximum absolute atomic E-state index is 12.7. The number of nitrogens with zero attached hydrogens (tertiary/aromatic N) is 1. The third-order valence-electron chi connectivity index (χ3n) is 2.58. The van der Waals surface area contributed by atoms with Crippen molar-refractivity contribution in [2.75, 3.05) is 10.5 Å². The van der Waals surface area contributed by atoms with Crippen LogP contribution in [0.4, 0.5) is 24.5 Å². The summed E-state index contributed by atoms with van der Waals surface area (Å²) in [7, 11) is -4.04. The first-order valence-corrected chi connectivity index (χ1v) is 7.09. The van der Waals surface area contributed by atoms with Crippen molar-refractivity contribution in [3.05, 3.63) is 35.8 Å². The van der Waals surface area contributed by atoms with Crippen molar-refractivity contribution < 1.29 is 21.6 Å². The SMILES string of the molecule is Cc1ncc(S(=O)(=O)Nc2ccc(N)c(C(F)(F)F)c2)[nH]1. The summed E-state index contributed by atoms with van der Waals surface area (Å²) in [6.07, 6.45) is -3.60. The van der Waals surface area contributed by atoms with Crippen molar-refractivity contribution in [1.29, 1.82) is 0 Å². The van der Waals surface area contributed by atoms with E-state index in [0.29, 0.717) is 11.9 Å². The molecule has 21 heavy (non-hydrogen) atoms. The molecule has 1 aromatic heterocycles. The van der Waals surface area contributed by atoms with Crippen LogP contribution in [0.2, 0.25) is 0 Å². The highest BCUT2D eigenvalue weighted by atomic mass is 32.2. The summed E-state index contributed by atoms with van der Waals surface area (Å²) < 4.78 is 64.1. The van der Waals surface area contributed by atoms with Crippen LogP contribution in [0.15, 0.2) is 29.4 Å². The van der Waals surface area contributed by atoms with E-state index in [-0.39, 0.29) is 10.7 Å². The number of aryl methyl sites for hydroxylation is 1. The molecule has 0 radical (unpaired) electrons. The summed E-state index contributed by atoms with van der Waals surface area (Å²) in [5.41, 5.74) is 3.40. The highest BCUT2D eigenvalue weighted by Crippen LogP contribution is 2.35. The van der Waals surface area contributed by atoms with Gasteiger partial charge in [0.2, 0.25) is 0 Å². The maximum Gasteiger partial charge on any atom is 0.418 e. The molecule has 114 valence electrons. The number of hydrogen-bond acceptors (Lipinski definition) is 4. The van der Waals surface area contributed by atoms with E-state index < -0.39 is 27.5 Å². The second-order valence-corrected chi connectivity index (χ2v) is 5.89. The van der Waals surface area contributed by atoms with Crippen LogP contribution in [0, 0.1) is 6.92 Å². The molecule has 0 saturated carbocycles. The van der Waals surface area contributed by atoms with Crippen LogP contribution in [0.3, 0.4) is 0 Å². The fourth-order valence-corrected chi connectivity index (χ4v) is 2.63. The summed E-state index contributed by atoms with van der Waals surface area (Å²) in [5, 5.41) is -0.245. The van der Waals surface area contributed by atoms with Gasteiger partial charge in [-0.05, 0) is 25.1 Å². The van der Waals surface area contributed by atoms with Gasteiger partial charge >= 0.3 is 6.18 Å². The van der Waals surface area contributed by atoms with Crippen molar-refractivity contribution in [2.45, 2.75) is 18.1 Å². The number of sulfonamides is 1. The Hall–Kier alpha value is -2.23. The highest BCUT2D eigenvalue weighted by molar-refractivity contribution is 7.92. The molecule has 0 unspecified atom stereocenters. The van der Waals surface area contributed by atoms with E-state index in [1.165, 1.54) is 0 Å². The van der Waals surface area contributed by atoms with Gasteiger partial charge in [-0.25, -0.2) is 4.98 Å². The molecular formula is C11H11F3N4O2S. The topological polar surface area (TPSA) is 101 Å². The molecule has 0 saturated heterocycles. The van der Waals surface area contributed by atoms with E-state index in [1.54, 1.807) is 6.92 Å². The third-order valence-corrected chi connectivity index (χ3v) is 3.87. The molecule has 2 rings (SSSR count). The smallest absolute Gasteiger partial charge is 0.398 e. The second kappa shape index (κ2) is 4.95. The Kier molecular flexibility index (Phi) is 3.58. The average molecular weight is 320 g/mol. The Balaban J connectivity index is 2.36. The van der Waals surface area contributed by atoms with Gasteiger partial charge in [0.25, 0.3) is 10.0 Å². The minimum absolute atomic E-state index is 0.245. The number of aromatic amines is 1. The van der Waals surface area contributed by atoms with Gasteiger partial charge in [0.05, 0.1) is 11.8 Å². The number of aromatic nitrogens is 2. The molecule has 10 heteroatoms. The zero-order valence-corrected chi connectivity index (χ0v) is 11.5. The van der Waals surface area contributed by atoms with E-state index in [9.17, 15) is 21.6 Å². The van der Waals surface area contributed by atoms with Gasteiger partial charge in [0, 0.05) is 11.4 Å². The lowest BCUT2D eigenvalue weighted by atomic mass is 10.1. The summed E-state index contributed by atoms with van der Waals surface area (Å²) in [5.74, 6) is 0.365. The fourth-order valence-electron chi connectivity index (χ4n) is 1.61. The van der Waals surface area contributed by atoms with Crippen LogP contribution in [-0.2, 0) is 16.2 Å². The zero-order chi connectivity index (χ0) is 15.8. The summed E-state index contributed by atoms with van der Waals surface area (Å²) in [6.45, 7) is 1.55. The molecule has 0 aliphatic carbocycles. The minimum Gasteiger partial charge on any atom is -0.398 e. The molecule has 0 aliphatic rings. The molecule has 1 aromatic carbocycles. The second-order valence-electron chi connectivity index (χ2n) is 4.24. The van der Waals surface area contributed by atoms with Gasteiger partial charge < -0.3 is 10.7 Å². The summed E-state index contributed by atoms with van der Waals surface area (Å²) in [6, 6.07) is 2.76. The first-order valence-electron chi connectivity index (χ1n) is 5.61. The molecule has 0 amide bonds. The lowest BCUT2D eigenvalue weighted by Crippen LogP contribution is -2.15. The van der Waals surface area contributed by atoms with Crippen molar-refractivity contribution in [3.8, 4) is 0 Å². The van der Waals surface area contributed by atoms with Crippen LogP contribution < -0.4 is 10.5 Å². The van der Waals surface area contributed by atoms with Crippen LogP contribution in [-0.4, -0.2) is 18.4 Å². The fraction of sp³-hybridized carbons (Fsp3) is 0.182. The number of rotatable bonds is 3. The van der Waals surface area contributed by atoms with Crippen LogP contribution in [0.25, 0.3) is 0 Å². The zero-order valence-electron chi connectivity index (χ0n) is 10.7. The largest absolute Gasteiger partial charge is 0.418 e. The molecule has 0 aliphatic heterocycles. The molecule has 0 spiro atoms. The molecule has 1 heterocycles. The van der Waals surface area contributed by atoms with Crippen molar-refractivity contribution in [1.82, 2.24) is 9.97 Å². The van der Waals surface area contributed by atoms with Crippen molar-refractivity contribution in [3.63, 3.8) is 0 Å². The first-order chi connectivity index (χ1) is 9.59. The average Bonchev–Trinajstić information content (AvgIpc) is 2.77. The van der Waals surface area contributed by atoms with Crippen LogP contribution >= 0.6 is 0 Å². The summed E-state index contributed by atoms with van der Waals surface area (Å²) in [4.78, 5) is 6.21. The number of hydrogen-bond donors (Lipinski definition) is 3. The Morgan fingerprint density at radius 2 is 2.00 bits per heavy atom. The van der Waals surface area contributed by atoms with Gasteiger partial charge in [-0.3, -0.25) is 4.72 Å². The number of nitrogen functional groups attached to an aromatic ring is 1. The lowest BCUT2D eigenvalue weighted by Gasteiger charge is -2.12. The Morgan fingerprint density at radius 3 is 2.52 bits per heavy atom. The van der Waals surface area contributed by atoms with E-state index in [1.807, 2.05) is 4.72 Å². The van der Waals surface area contributed by atoms with E-state index >= 15 is 0 Å². The molecule has 0 bridgehead atoms. The number of H-pyrrole nitrogens is 1. The molecule has 2 aromatic rings. The number of alkyl halides is 3. The number of nitrogens with one attached hydrogen (secondary N) is 2. The van der Waals surface area contributed by atoms with Gasteiger partial charge in [-0.15, -0.1) is 0 Å². The predicted molar refractivity (Wildman–Crippen MR) is 70.0 cm³/mol. The number of imidazole rings is 1. The predicted octanol–water partition coefficient (Wildman–Crippen LogP) is 2.12. The van der Waals surface area contributed by atoms with Crippen LogP contribution in [0.5, 0.6) is 0 Å². The van der Waals surface area contributed by atoms with Gasteiger partial charge in [-0.1, -0.05) is 0 Å².